The number of amides is 1. The first-order chi connectivity index (χ1) is 16.1. The maximum absolute atomic E-state index is 13.5. The summed E-state index contributed by atoms with van der Waals surface area (Å²) in [7, 11) is 0. The number of nitrogens with one attached hydrogen (secondary N) is 1. The fraction of sp³-hybridized carbons (Fsp3) is 0.462. The number of benzene rings is 2. The van der Waals surface area contributed by atoms with Crippen LogP contribution in [0.5, 0.6) is 0 Å². The summed E-state index contributed by atoms with van der Waals surface area (Å²) in [6.45, 7) is 1.16. The molecule has 2 aliphatic carbocycles. The van der Waals surface area contributed by atoms with E-state index in [1.807, 2.05) is 0 Å². The Labute approximate surface area is 225 Å². The largest absolute Gasteiger partial charge is 1.00 e. The number of carboxylic acid groups (broad SMARTS) is 1. The van der Waals surface area contributed by atoms with Gasteiger partial charge in [-0.3, -0.25) is 9.69 Å². The van der Waals surface area contributed by atoms with Gasteiger partial charge in [0.15, 0.2) is 0 Å². The van der Waals surface area contributed by atoms with Crippen molar-refractivity contribution >= 4 is 11.9 Å². The van der Waals surface area contributed by atoms with Crippen LogP contribution in [0, 0.1) is 5.41 Å². The second kappa shape index (κ2) is 9.54. The Morgan fingerprint density at radius 1 is 1.00 bits per heavy atom. The zero-order valence-electron chi connectivity index (χ0n) is 20.7. The molecule has 5 rings (SSSR count). The molecular formula is C26H28F3N2NaO3. The number of nitrogens with zero attached hydrogens (tertiary/aromatic N) is 1. The van der Waals surface area contributed by atoms with E-state index in [0.29, 0.717) is 6.54 Å². The number of carbonyl (C=O) groups excluding carboxylic acids is 1. The van der Waals surface area contributed by atoms with Crippen LogP contribution in [-0.2, 0) is 23.1 Å². The number of piperidine rings is 1. The molecule has 1 heterocycles. The summed E-state index contributed by atoms with van der Waals surface area (Å²) in [5.74, 6) is -1.05. The molecule has 2 saturated carbocycles. The molecule has 2 N–H and O–H groups in total. The number of carbonyl (C=O) groups is 2. The third kappa shape index (κ3) is 5.61. The Balaban J connectivity index is 0.00000180. The summed E-state index contributed by atoms with van der Waals surface area (Å²) in [4.78, 5) is 26.7. The Morgan fingerprint density at radius 3 is 2.14 bits per heavy atom. The molecule has 3 aliphatic rings. The van der Waals surface area contributed by atoms with Crippen molar-refractivity contribution in [1.82, 2.24) is 10.2 Å². The summed E-state index contributed by atoms with van der Waals surface area (Å²) in [6.07, 6.45) is 1.21. The number of hydrogen-bond acceptors (Lipinski definition) is 3. The average Bonchev–Trinajstić information content (AvgIpc) is 3.73. The number of halogens is 3. The van der Waals surface area contributed by atoms with Crippen molar-refractivity contribution in [3.63, 3.8) is 0 Å². The molecule has 1 unspecified atom stereocenters. The molecule has 1 aliphatic heterocycles. The number of likely N-dealkylation sites (tertiary alicyclic amines) is 1. The van der Waals surface area contributed by atoms with Gasteiger partial charge in [0.25, 0.3) is 0 Å². The van der Waals surface area contributed by atoms with Gasteiger partial charge in [-0.15, -0.1) is 0 Å². The summed E-state index contributed by atoms with van der Waals surface area (Å²) in [6, 6.07) is 11.5. The molecule has 0 radical (unpaired) electrons. The second-order valence-corrected chi connectivity index (χ2v) is 10.1. The fourth-order valence-electron chi connectivity index (χ4n) is 5.15. The summed E-state index contributed by atoms with van der Waals surface area (Å²) in [5.41, 5.74) is 0.933. The van der Waals surface area contributed by atoms with E-state index >= 15 is 0 Å². The van der Waals surface area contributed by atoms with E-state index in [1.54, 1.807) is 24.3 Å². The minimum absolute atomic E-state index is 0. The topological polar surface area (TPSA) is 69.6 Å². The quantitative estimate of drug-likeness (QED) is 0.601. The number of carboxylic acids is 1. The van der Waals surface area contributed by atoms with Gasteiger partial charge in [0.05, 0.1) is 22.7 Å². The average molecular weight is 497 g/mol. The van der Waals surface area contributed by atoms with E-state index in [9.17, 15) is 22.8 Å². The standard InChI is InChI=1S/C26H27F3N2O3.Na.H/c27-26(28,29)20-5-1-17(2-6-20)16-31-14-13-24(9-10-24)15-21(31)22(32)30-25(11-12-25)19-7-3-18(4-8-19)23(33)34;;/h1-8,21H,9-16H2,(H,30,32)(H,33,34);;/q;+1;-1. The first kappa shape index (κ1) is 26.2. The van der Waals surface area contributed by atoms with E-state index in [-0.39, 0.29) is 53.9 Å². The predicted molar refractivity (Wildman–Crippen MR) is 120 cm³/mol. The van der Waals surface area contributed by atoms with Gasteiger partial charge in [-0.05, 0) is 85.9 Å². The molecule has 2 aromatic carbocycles. The van der Waals surface area contributed by atoms with Gasteiger partial charge < -0.3 is 11.8 Å². The van der Waals surface area contributed by atoms with E-state index in [4.69, 9.17) is 5.11 Å². The maximum atomic E-state index is 13.5. The third-order valence-electron chi connectivity index (χ3n) is 7.72. The van der Waals surface area contributed by atoms with Crippen LogP contribution >= 0.6 is 0 Å². The molecule has 9 heteroatoms. The number of hydrogen-bond donors (Lipinski definition) is 2. The molecule has 1 spiro atoms. The zero-order valence-corrected chi connectivity index (χ0v) is 21.7. The minimum Gasteiger partial charge on any atom is -1.00 e. The zero-order chi connectivity index (χ0) is 24.1. The first-order valence-corrected chi connectivity index (χ1v) is 11.7. The van der Waals surface area contributed by atoms with Gasteiger partial charge in [-0.25, -0.2) is 4.79 Å². The maximum Gasteiger partial charge on any atom is 1.00 e. The summed E-state index contributed by atoms with van der Waals surface area (Å²) >= 11 is 0. The molecule has 1 atom stereocenters. The number of aromatic carboxylic acids is 1. The SMILES string of the molecule is O=C(O)c1ccc(C2(NC(=O)C3CC4(CCN3Cc3ccc(C(F)(F)F)cc3)CC4)CC2)cc1.[H-].[Na+]. The molecule has 35 heavy (non-hydrogen) atoms. The van der Waals surface area contributed by atoms with Crippen LogP contribution in [0.2, 0.25) is 0 Å². The molecule has 2 aromatic rings. The van der Waals surface area contributed by atoms with Gasteiger partial charge in [0.2, 0.25) is 5.91 Å². The van der Waals surface area contributed by atoms with Crippen molar-refractivity contribution in [2.24, 2.45) is 5.41 Å². The van der Waals surface area contributed by atoms with Crippen LogP contribution in [0.15, 0.2) is 48.5 Å². The third-order valence-corrected chi connectivity index (χ3v) is 7.72. The van der Waals surface area contributed by atoms with Crippen molar-refractivity contribution < 1.29 is 58.9 Å². The van der Waals surface area contributed by atoms with E-state index < -0.39 is 23.2 Å². The normalized spacial score (nSPS) is 22.2. The van der Waals surface area contributed by atoms with Crippen molar-refractivity contribution in [3.05, 3.63) is 70.8 Å². The van der Waals surface area contributed by atoms with Crippen LogP contribution in [-0.4, -0.2) is 34.5 Å². The molecule has 1 amide bonds. The number of alkyl halides is 3. The van der Waals surface area contributed by atoms with Crippen LogP contribution in [0.1, 0.15) is 67.0 Å². The van der Waals surface area contributed by atoms with E-state index in [0.717, 1.165) is 68.3 Å². The van der Waals surface area contributed by atoms with Crippen LogP contribution < -0.4 is 34.9 Å². The monoisotopic (exact) mass is 496 g/mol. The molecule has 5 nitrogen and oxygen atoms in total. The van der Waals surface area contributed by atoms with Gasteiger partial charge in [0.1, 0.15) is 0 Å². The van der Waals surface area contributed by atoms with Crippen LogP contribution in [0.3, 0.4) is 0 Å². The van der Waals surface area contributed by atoms with Crippen LogP contribution in [0.25, 0.3) is 0 Å². The van der Waals surface area contributed by atoms with Gasteiger partial charge >= 0.3 is 41.7 Å². The molecule has 3 fully saturated rings. The molecule has 0 aromatic heterocycles. The minimum atomic E-state index is -4.37. The Bertz CT molecular complexity index is 1100. The van der Waals surface area contributed by atoms with Crippen molar-refractivity contribution in [2.75, 3.05) is 6.54 Å². The second-order valence-electron chi connectivity index (χ2n) is 10.1. The van der Waals surface area contributed by atoms with Crippen molar-refractivity contribution in [3.8, 4) is 0 Å². The predicted octanol–water partition coefficient (Wildman–Crippen LogP) is 2.07. The fourth-order valence-corrected chi connectivity index (χ4v) is 5.15. The Kier molecular flexibility index (Phi) is 7.14. The Hall–Kier alpha value is -1.87. The van der Waals surface area contributed by atoms with Crippen LogP contribution in [0.4, 0.5) is 13.2 Å². The molecule has 182 valence electrons. The van der Waals surface area contributed by atoms with Gasteiger partial charge in [-0.2, -0.15) is 13.2 Å². The van der Waals surface area contributed by atoms with Crippen molar-refractivity contribution in [2.45, 2.75) is 62.8 Å². The van der Waals surface area contributed by atoms with Gasteiger partial charge in [-0.1, -0.05) is 24.3 Å². The number of rotatable bonds is 6. The molecule has 0 bridgehead atoms. The molecule has 1 saturated heterocycles. The summed E-state index contributed by atoms with van der Waals surface area (Å²) in [5, 5.41) is 12.4. The van der Waals surface area contributed by atoms with Gasteiger partial charge in [0, 0.05) is 6.54 Å². The first-order valence-electron chi connectivity index (χ1n) is 11.7. The van der Waals surface area contributed by atoms with E-state index in [2.05, 4.69) is 10.2 Å². The smallest absolute Gasteiger partial charge is 1.00 e. The summed E-state index contributed by atoms with van der Waals surface area (Å²) < 4.78 is 38.7. The Morgan fingerprint density at radius 2 is 1.63 bits per heavy atom. The van der Waals surface area contributed by atoms with E-state index in [1.165, 1.54) is 12.1 Å². The van der Waals surface area contributed by atoms with Crippen molar-refractivity contribution in [1.29, 1.82) is 0 Å². The molecular weight excluding hydrogens is 468 g/mol.